The molecular weight excluding hydrogens is 445 g/mol. The molecule has 1 aromatic carbocycles. The van der Waals surface area contributed by atoms with Gasteiger partial charge in [0.15, 0.2) is 5.84 Å². The molecule has 174 valence electrons. The molecule has 1 unspecified atom stereocenters. The molecule has 9 nitrogen and oxygen atoms in total. The van der Waals surface area contributed by atoms with Crippen molar-refractivity contribution in [2.75, 3.05) is 13.1 Å². The van der Waals surface area contributed by atoms with Crippen molar-refractivity contribution in [3.63, 3.8) is 0 Å². The number of carbonyl (C=O) groups is 2. The molecule has 3 N–H and O–H groups in total. The lowest BCUT2D eigenvalue weighted by atomic mass is 9.82. The number of rotatable bonds is 6. The van der Waals surface area contributed by atoms with Gasteiger partial charge in [-0.15, -0.1) is 0 Å². The third kappa shape index (κ3) is 4.21. The van der Waals surface area contributed by atoms with Crippen molar-refractivity contribution >= 4 is 17.8 Å². The first-order chi connectivity index (χ1) is 15.5. The summed E-state index contributed by atoms with van der Waals surface area (Å²) in [7, 11) is 0. The monoisotopic (exact) mass is 464 g/mol. The highest BCUT2D eigenvalue weighted by molar-refractivity contribution is 6.03. The maximum Gasteiger partial charge on any atom is 0.336 e. The van der Waals surface area contributed by atoms with E-state index in [-0.39, 0.29) is 22.8 Å². The fourth-order valence-corrected chi connectivity index (χ4v) is 4.20. The molecule has 4 rings (SSSR count). The minimum absolute atomic E-state index is 0.0359. The summed E-state index contributed by atoms with van der Waals surface area (Å²) in [5.41, 5.74) is -1.36. The van der Waals surface area contributed by atoms with E-state index in [2.05, 4.69) is 15.5 Å². The molecule has 0 amide bonds. The van der Waals surface area contributed by atoms with E-state index in [1.54, 1.807) is 0 Å². The van der Waals surface area contributed by atoms with Crippen molar-refractivity contribution in [3.05, 3.63) is 64.9 Å². The van der Waals surface area contributed by atoms with Crippen molar-refractivity contribution in [2.24, 2.45) is 4.99 Å². The number of carboxylic acids is 2. The predicted molar refractivity (Wildman–Crippen MR) is 107 cm³/mol. The van der Waals surface area contributed by atoms with Crippen LogP contribution in [0.5, 0.6) is 0 Å². The van der Waals surface area contributed by atoms with Gasteiger partial charge in [0, 0.05) is 24.7 Å². The lowest BCUT2D eigenvalue weighted by molar-refractivity contribution is -0.142. The van der Waals surface area contributed by atoms with E-state index >= 15 is 0 Å². The first kappa shape index (κ1) is 22.5. The zero-order valence-corrected chi connectivity index (χ0v) is 17.3. The first-order valence-electron chi connectivity index (χ1n) is 9.85. The van der Waals surface area contributed by atoms with Crippen LogP contribution in [0.1, 0.15) is 24.6 Å². The van der Waals surface area contributed by atoms with E-state index < -0.39 is 54.8 Å². The Labute approximate surface area is 185 Å². The molecule has 12 heteroatoms. The van der Waals surface area contributed by atoms with E-state index in [4.69, 9.17) is 4.52 Å². The van der Waals surface area contributed by atoms with Gasteiger partial charge < -0.3 is 20.1 Å². The van der Waals surface area contributed by atoms with Gasteiger partial charge in [-0.3, -0.25) is 9.69 Å². The second kappa shape index (κ2) is 8.03. The molecule has 3 heterocycles. The van der Waals surface area contributed by atoms with Crippen molar-refractivity contribution in [1.82, 2.24) is 15.4 Å². The molecule has 33 heavy (non-hydrogen) atoms. The number of alkyl halides is 2. The molecule has 0 saturated carbocycles. The summed E-state index contributed by atoms with van der Waals surface area (Å²) in [5, 5.41) is 26.1. The summed E-state index contributed by atoms with van der Waals surface area (Å²) >= 11 is 0. The standard InChI is InChI=1S/C21H19F3N4O5/c1-20(11-2-4-12(22)5-3-11)16(19(31)32)14(25-17(26-20)13-6-7-33-27-13)9-28-10-21(23,24)8-15(28)18(29)30/h2-7,15H,8-10H2,1H3,(H,25,26)(H,29,30)(H,31,32)/t15-,20?/m0/s1. The number of hydrogen-bond donors (Lipinski definition) is 3. The van der Waals surface area contributed by atoms with Gasteiger partial charge in [0.05, 0.1) is 12.1 Å². The van der Waals surface area contributed by atoms with E-state index in [0.29, 0.717) is 5.56 Å². The topological polar surface area (TPSA) is 128 Å². The molecule has 0 spiro atoms. The average Bonchev–Trinajstić information content (AvgIpc) is 3.35. The summed E-state index contributed by atoms with van der Waals surface area (Å²) in [4.78, 5) is 29.5. The lowest BCUT2D eigenvalue weighted by Crippen LogP contribution is -2.46. The van der Waals surface area contributed by atoms with Crippen LogP contribution in [0.2, 0.25) is 0 Å². The van der Waals surface area contributed by atoms with Gasteiger partial charge in [-0.1, -0.05) is 17.3 Å². The second-order valence-corrected chi connectivity index (χ2v) is 8.03. The number of nitrogens with one attached hydrogen (secondary N) is 1. The van der Waals surface area contributed by atoms with Crippen molar-refractivity contribution < 1.29 is 37.5 Å². The maximum absolute atomic E-state index is 14.0. The average molecular weight is 464 g/mol. The third-order valence-electron chi connectivity index (χ3n) is 5.71. The Morgan fingerprint density at radius 1 is 1.24 bits per heavy atom. The molecule has 0 bridgehead atoms. The number of carboxylic acid groups (broad SMARTS) is 2. The first-order valence-corrected chi connectivity index (χ1v) is 9.85. The van der Waals surface area contributed by atoms with Gasteiger partial charge in [0.25, 0.3) is 5.92 Å². The Kier molecular flexibility index (Phi) is 5.48. The maximum atomic E-state index is 14.0. The Bertz CT molecular complexity index is 1150. The molecule has 0 aliphatic carbocycles. The van der Waals surface area contributed by atoms with Gasteiger partial charge in [-0.05, 0) is 24.6 Å². The Balaban J connectivity index is 1.84. The SMILES string of the molecule is CC1(c2ccc(F)cc2)N=C(c2ccon2)NC(CN2CC(F)(F)C[C@H]2C(=O)O)=C1C(=O)O. The Morgan fingerprint density at radius 2 is 1.94 bits per heavy atom. The summed E-state index contributed by atoms with van der Waals surface area (Å²) in [5.74, 6) is -6.53. The summed E-state index contributed by atoms with van der Waals surface area (Å²) < 4.78 is 46.4. The van der Waals surface area contributed by atoms with Crippen LogP contribution in [-0.4, -0.2) is 63.1 Å². The normalized spacial score (nSPS) is 25.0. The molecule has 2 atom stereocenters. The molecule has 0 radical (unpaired) electrons. The number of nitrogens with zero attached hydrogens (tertiary/aromatic N) is 3. The minimum Gasteiger partial charge on any atom is -0.480 e. The van der Waals surface area contributed by atoms with Gasteiger partial charge in [0.2, 0.25) is 0 Å². The number of amidine groups is 1. The highest BCUT2D eigenvalue weighted by atomic mass is 19.3. The highest BCUT2D eigenvalue weighted by Gasteiger charge is 2.50. The van der Waals surface area contributed by atoms with Crippen LogP contribution >= 0.6 is 0 Å². The van der Waals surface area contributed by atoms with Gasteiger partial charge in [0.1, 0.15) is 29.4 Å². The number of hydrogen-bond acceptors (Lipinski definition) is 7. The molecule has 2 aliphatic heterocycles. The van der Waals surface area contributed by atoms with Crippen LogP contribution in [-0.2, 0) is 15.1 Å². The molecule has 1 saturated heterocycles. The van der Waals surface area contributed by atoms with Gasteiger partial charge >= 0.3 is 11.9 Å². The summed E-state index contributed by atoms with van der Waals surface area (Å²) in [6.07, 6.45) is 0.379. The quantitative estimate of drug-likeness (QED) is 0.594. The molecule has 2 aliphatic rings. The van der Waals surface area contributed by atoms with Crippen LogP contribution in [0.4, 0.5) is 13.2 Å². The fourth-order valence-electron chi connectivity index (χ4n) is 4.20. The van der Waals surface area contributed by atoms with Crippen LogP contribution in [0, 0.1) is 5.82 Å². The van der Waals surface area contributed by atoms with Gasteiger partial charge in [-0.2, -0.15) is 0 Å². The van der Waals surface area contributed by atoms with Crippen LogP contribution in [0.25, 0.3) is 0 Å². The molecule has 1 fully saturated rings. The number of benzene rings is 1. The van der Waals surface area contributed by atoms with E-state index in [1.807, 2.05) is 0 Å². The van der Waals surface area contributed by atoms with Gasteiger partial charge in [-0.25, -0.2) is 23.0 Å². The Morgan fingerprint density at radius 3 is 2.52 bits per heavy atom. The number of aliphatic imine (C=N–C) groups is 1. The van der Waals surface area contributed by atoms with Crippen molar-refractivity contribution in [1.29, 1.82) is 0 Å². The largest absolute Gasteiger partial charge is 0.480 e. The predicted octanol–water partition coefficient (Wildman–Crippen LogP) is 2.21. The zero-order valence-electron chi connectivity index (χ0n) is 17.3. The lowest BCUT2D eigenvalue weighted by Gasteiger charge is -2.35. The molecule has 1 aromatic heterocycles. The summed E-state index contributed by atoms with van der Waals surface area (Å²) in [6.45, 7) is 0.200. The number of aromatic nitrogens is 1. The zero-order chi connectivity index (χ0) is 24.0. The van der Waals surface area contributed by atoms with Crippen LogP contribution in [0.15, 0.2) is 57.4 Å². The third-order valence-corrected chi connectivity index (χ3v) is 5.71. The number of aliphatic carboxylic acids is 2. The van der Waals surface area contributed by atoms with E-state index in [0.717, 1.165) is 17.0 Å². The number of likely N-dealkylation sites (tertiary alicyclic amines) is 1. The van der Waals surface area contributed by atoms with E-state index in [9.17, 15) is 33.0 Å². The molecular formula is C21H19F3N4O5. The summed E-state index contributed by atoms with van der Waals surface area (Å²) in [6, 6.07) is 4.99. The minimum atomic E-state index is -3.25. The fraction of sp³-hybridized carbons (Fsp3) is 0.333. The van der Waals surface area contributed by atoms with Crippen LogP contribution in [0.3, 0.4) is 0 Å². The molecule has 2 aromatic rings. The van der Waals surface area contributed by atoms with Crippen molar-refractivity contribution in [2.45, 2.75) is 30.8 Å². The van der Waals surface area contributed by atoms with Crippen LogP contribution < -0.4 is 5.32 Å². The van der Waals surface area contributed by atoms with Crippen molar-refractivity contribution in [3.8, 4) is 0 Å². The van der Waals surface area contributed by atoms with E-state index in [1.165, 1.54) is 31.4 Å². The Hall–Kier alpha value is -3.67. The second-order valence-electron chi connectivity index (χ2n) is 8.03. The number of halogens is 3. The highest BCUT2D eigenvalue weighted by Crippen LogP contribution is 2.39. The smallest absolute Gasteiger partial charge is 0.336 e.